The number of hydrazine groups is 1. The summed E-state index contributed by atoms with van der Waals surface area (Å²) in [5, 5.41) is 1.95. The Balaban J connectivity index is 2.09. The fraction of sp³-hybridized carbons (Fsp3) is 0.545. The van der Waals surface area contributed by atoms with Crippen molar-refractivity contribution in [1.82, 2.24) is 10.3 Å². The van der Waals surface area contributed by atoms with Crippen molar-refractivity contribution in [1.29, 1.82) is 0 Å². The maximum atomic E-state index is 11.5. The Labute approximate surface area is 99.4 Å². The van der Waals surface area contributed by atoms with Gasteiger partial charge in [-0.15, -0.1) is 11.3 Å². The molecule has 1 aromatic rings. The Bertz CT molecular complexity index is 377. The van der Waals surface area contributed by atoms with Gasteiger partial charge in [-0.3, -0.25) is 15.1 Å². The average molecular weight is 239 g/mol. The molecule has 1 aliphatic rings. The van der Waals surface area contributed by atoms with Crippen LogP contribution in [0.15, 0.2) is 11.4 Å². The molecule has 88 valence electrons. The first-order chi connectivity index (χ1) is 7.72. The highest BCUT2D eigenvalue weighted by Gasteiger charge is 2.22. The van der Waals surface area contributed by atoms with Gasteiger partial charge < -0.3 is 0 Å². The second-order valence-corrected chi connectivity index (χ2v) is 5.13. The van der Waals surface area contributed by atoms with Gasteiger partial charge in [0.25, 0.3) is 5.91 Å². The SMILES string of the molecule is CC1CCCN1Cc1ccsc1C(=O)NN. The molecule has 5 heteroatoms. The third kappa shape index (κ3) is 2.26. The lowest BCUT2D eigenvalue weighted by atomic mass is 10.2. The van der Waals surface area contributed by atoms with Gasteiger partial charge in [-0.05, 0) is 43.3 Å². The molecule has 16 heavy (non-hydrogen) atoms. The quantitative estimate of drug-likeness (QED) is 0.475. The van der Waals surface area contributed by atoms with Gasteiger partial charge in [0.05, 0.1) is 4.88 Å². The van der Waals surface area contributed by atoms with Gasteiger partial charge in [0.15, 0.2) is 0 Å². The van der Waals surface area contributed by atoms with Crippen molar-refractivity contribution in [2.75, 3.05) is 6.54 Å². The van der Waals surface area contributed by atoms with E-state index < -0.39 is 0 Å². The largest absolute Gasteiger partial charge is 0.296 e. The number of nitrogen functional groups attached to an aromatic ring is 1. The fourth-order valence-corrected chi connectivity index (χ4v) is 2.99. The molecule has 0 aliphatic carbocycles. The van der Waals surface area contributed by atoms with Crippen LogP contribution in [0.1, 0.15) is 35.0 Å². The lowest BCUT2D eigenvalue weighted by Crippen LogP contribution is -2.31. The van der Waals surface area contributed by atoms with Crippen LogP contribution < -0.4 is 11.3 Å². The number of hydrogen-bond donors (Lipinski definition) is 2. The van der Waals surface area contributed by atoms with Gasteiger partial charge in [0.2, 0.25) is 0 Å². The summed E-state index contributed by atoms with van der Waals surface area (Å²) in [6.45, 7) is 4.22. The molecule has 1 unspecified atom stereocenters. The predicted molar refractivity (Wildman–Crippen MR) is 65.1 cm³/mol. The Hall–Kier alpha value is -0.910. The first-order valence-electron chi connectivity index (χ1n) is 5.53. The number of thiophene rings is 1. The molecule has 1 amide bonds. The highest BCUT2D eigenvalue weighted by Crippen LogP contribution is 2.23. The number of amides is 1. The summed E-state index contributed by atoms with van der Waals surface area (Å²) in [5.41, 5.74) is 3.28. The van der Waals surface area contributed by atoms with Gasteiger partial charge >= 0.3 is 0 Å². The Kier molecular flexibility index (Phi) is 3.58. The minimum absolute atomic E-state index is 0.183. The van der Waals surface area contributed by atoms with Crippen LogP contribution >= 0.6 is 11.3 Å². The Morgan fingerprint density at radius 1 is 1.75 bits per heavy atom. The van der Waals surface area contributed by atoms with Gasteiger partial charge in [0.1, 0.15) is 0 Å². The van der Waals surface area contributed by atoms with E-state index in [0.717, 1.165) is 23.5 Å². The van der Waals surface area contributed by atoms with Gasteiger partial charge in [-0.25, -0.2) is 5.84 Å². The highest BCUT2D eigenvalue weighted by atomic mass is 32.1. The summed E-state index contributed by atoms with van der Waals surface area (Å²) in [7, 11) is 0. The zero-order chi connectivity index (χ0) is 11.5. The number of likely N-dealkylation sites (tertiary alicyclic amines) is 1. The van der Waals surface area contributed by atoms with Crippen molar-refractivity contribution >= 4 is 17.2 Å². The van der Waals surface area contributed by atoms with E-state index in [1.54, 1.807) is 0 Å². The van der Waals surface area contributed by atoms with Crippen LogP contribution in [0.2, 0.25) is 0 Å². The zero-order valence-corrected chi connectivity index (χ0v) is 10.2. The van der Waals surface area contributed by atoms with E-state index >= 15 is 0 Å². The lowest BCUT2D eigenvalue weighted by molar-refractivity contribution is 0.0955. The number of nitrogens with one attached hydrogen (secondary N) is 1. The summed E-state index contributed by atoms with van der Waals surface area (Å²) >= 11 is 1.45. The molecule has 1 aliphatic heterocycles. The molecular weight excluding hydrogens is 222 g/mol. The molecule has 3 N–H and O–H groups in total. The summed E-state index contributed by atoms with van der Waals surface area (Å²) in [4.78, 5) is 14.7. The van der Waals surface area contributed by atoms with E-state index in [1.165, 1.54) is 24.2 Å². The van der Waals surface area contributed by atoms with E-state index in [0.29, 0.717) is 6.04 Å². The van der Waals surface area contributed by atoms with E-state index in [4.69, 9.17) is 5.84 Å². The molecule has 0 saturated carbocycles. The maximum Gasteiger partial charge on any atom is 0.275 e. The van der Waals surface area contributed by atoms with Crippen LogP contribution in [-0.2, 0) is 6.54 Å². The monoisotopic (exact) mass is 239 g/mol. The smallest absolute Gasteiger partial charge is 0.275 e. The zero-order valence-electron chi connectivity index (χ0n) is 9.40. The average Bonchev–Trinajstić information content (AvgIpc) is 2.88. The molecular formula is C11H17N3OS. The molecule has 0 radical (unpaired) electrons. The molecule has 0 aromatic carbocycles. The maximum absolute atomic E-state index is 11.5. The number of hydrogen-bond acceptors (Lipinski definition) is 4. The van der Waals surface area contributed by atoms with Gasteiger partial charge in [0, 0.05) is 12.6 Å². The standard InChI is InChI=1S/C11H17N3OS/c1-8-3-2-5-14(8)7-9-4-6-16-10(9)11(15)13-12/h4,6,8H,2-3,5,7,12H2,1H3,(H,13,15). The number of carbonyl (C=O) groups excluding carboxylic acids is 1. The number of nitrogens with two attached hydrogens (primary N) is 1. The van der Waals surface area contributed by atoms with Crippen LogP contribution in [0.5, 0.6) is 0 Å². The van der Waals surface area contributed by atoms with Gasteiger partial charge in [-0.2, -0.15) is 0 Å². The van der Waals surface area contributed by atoms with Crippen molar-refractivity contribution in [2.24, 2.45) is 5.84 Å². The molecule has 2 rings (SSSR count). The second kappa shape index (κ2) is 4.95. The third-order valence-corrected chi connectivity index (χ3v) is 4.10. The van der Waals surface area contributed by atoms with E-state index in [-0.39, 0.29) is 5.91 Å². The van der Waals surface area contributed by atoms with Crippen molar-refractivity contribution in [2.45, 2.75) is 32.4 Å². The van der Waals surface area contributed by atoms with Crippen molar-refractivity contribution in [3.63, 3.8) is 0 Å². The van der Waals surface area contributed by atoms with E-state index in [1.807, 2.05) is 11.4 Å². The van der Waals surface area contributed by atoms with Gasteiger partial charge in [-0.1, -0.05) is 0 Å². The van der Waals surface area contributed by atoms with E-state index in [2.05, 4.69) is 17.2 Å². The molecule has 0 spiro atoms. The van der Waals surface area contributed by atoms with Crippen molar-refractivity contribution < 1.29 is 4.79 Å². The molecule has 1 atom stereocenters. The Morgan fingerprint density at radius 2 is 2.56 bits per heavy atom. The van der Waals surface area contributed by atoms with Crippen molar-refractivity contribution in [3.8, 4) is 0 Å². The number of nitrogens with zero attached hydrogens (tertiary/aromatic N) is 1. The summed E-state index contributed by atoms with van der Waals surface area (Å²) in [6, 6.07) is 2.63. The fourth-order valence-electron chi connectivity index (χ4n) is 2.17. The lowest BCUT2D eigenvalue weighted by Gasteiger charge is -2.20. The normalized spacial score (nSPS) is 21.2. The third-order valence-electron chi connectivity index (χ3n) is 3.15. The van der Waals surface area contributed by atoms with Crippen LogP contribution in [0.4, 0.5) is 0 Å². The summed E-state index contributed by atoms with van der Waals surface area (Å²) in [5.74, 6) is 4.98. The summed E-state index contributed by atoms with van der Waals surface area (Å²) < 4.78 is 0. The van der Waals surface area contributed by atoms with Crippen molar-refractivity contribution in [3.05, 3.63) is 21.9 Å². The van der Waals surface area contributed by atoms with Crippen LogP contribution in [0.25, 0.3) is 0 Å². The first-order valence-corrected chi connectivity index (χ1v) is 6.41. The molecule has 4 nitrogen and oxygen atoms in total. The molecule has 1 fully saturated rings. The minimum Gasteiger partial charge on any atom is -0.296 e. The molecule has 1 aromatic heterocycles. The predicted octanol–water partition coefficient (Wildman–Crippen LogP) is 1.34. The van der Waals surface area contributed by atoms with E-state index in [9.17, 15) is 4.79 Å². The first kappa shape index (κ1) is 11.6. The summed E-state index contributed by atoms with van der Waals surface area (Å²) in [6.07, 6.45) is 2.51. The second-order valence-electron chi connectivity index (χ2n) is 4.21. The molecule has 0 bridgehead atoms. The van der Waals surface area contributed by atoms with Crippen LogP contribution in [-0.4, -0.2) is 23.4 Å². The van der Waals surface area contributed by atoms with Crippen LogP contribution in [0.3, 0.4) is 0 Å². The molecule has 2 heterocycles. The van der Waals surface area contributed by atoms with Crippen LogP contribution in [0, 0.1) is 0 Å². The highest BCUT2D eigenvalue weighted by molar-refractivity contribution is 7.12. The topological polar surface area (TPSA) is 58.4 Å². The number of carbonyl (C=O) groups is 1. The molecule has 1 saturated heterocycles. The Morgan fingerprint density at radius 3 is 3.19 bits per heavy atom. The minimum atomic E-state index is -0.183. The number of rotatable bonds is 3.